The topological polar surface area (TPSA) is 29.1 Å². The van der Waals surface area contributed by atoms with Crippen molar-refractivity contribution in [2.75, 3.05) is 6.54 Å². The lowest BCUT2D eigenvalue weighted by Crippen LogP contribution is -2.19. The standard InChI is InChI=1S/C11H12NO/c1-2-12-11(13)9-8-10-6-4-3-5-7-10/h4-9H,2H2,1H3,(H,12,13). The van der Waals surface area contributed by atoms with Crippen LogP contribution in [0.4, 0.5) is 0 Å². The third-order valence-corrected chi connectivity index (χ3v) is 1.52. The van der Waals surface area contributed by atoms with Gasteiger partial charge in [-0.2, -0.15) is 0 Å². The van der Waals surface area contributed by atoms with Gasteiger partial charge in [0.15, 0.2) is 0 Å². The Balaban J connectivity index is 2.54. The van der Waals surface area contributed by atoms with Gasteiger partial charge in [-0.15, -0.1) is 0 Å². The molecule has 1 radical (unpaired) electrons. The van der Waals surface area contributed by atoms with E-state index >= 15 is 0 Å². The van der Waals surface area contributed by atoms with Crippen LogP contribution < -0.4 is 5.32 Å². The molecule has 1 aromatic carbocycles. The van der Waals surface area contributed by atoms with E-state index in [1.165, 1.54) is 6.08 Å². The Labute approximate surface area is 78.3 Å². The molecule has 0 bridgehead atoms. The molecule has 13 heavy (non-hydrogen) atoms. The Morgan fingerprint density at radius 2 is 2.23 bits per heavy atom. The van der Waals surface area contributed by atoms with Crippen molar-refractivity contribution >= 4 is 12.0 Å². The zero-order chi connectivity index (χ0) is 9.52. The van der Waals surface area contributed by atoms with E-state index in [2.05, 4.69) is 11.4 Å². The van der Waals surface area contributed by atoms with Gasteiger partial charge in [0, 0.05) is 12.6 Å². The predicted molar refractivity (Wildman–Crippen MR) is 53.0 cm³/mol. The van der Waals surface area contributed by atoms with Crippen LogP contribution in [0.25, 0.3) is 6.08 Å². The van der Waals surface area contributed by atoms with E-state index in [0.29, 0.717) is 6.54 Å². The van der Waals surface area contributed by atoms with Gasteiger partial charge in [0.2, 0.25) is 5.91 Å². The van der Waals surface area contributed by atoms with Gasteiger partial charge in [-0.1, -0.05) is 24.3 Å². The molecule has 1 rings (SSSR count). The first-order valence-electron chi connectivity index (χ1n) is 4.25. The van der Waals surface area contributed by atoms with Gasteiger partial charge in [0.1, 0.15) is 0 Å². The molecule has 0 fully saturated rings. The highest BCUT2D eigenvalue weighted by atomic mass is 16.1. The Bertz CT molecular complexity index is 290. The molecule has 67 valence electrons. The molecule has 0 saturated heterocycles. The average molecular weight is 174 g/mol. The number of benzene rings is 1. The lowest BCUT2D eigenvalue weighted by molar-refractivity contribution is -0.116. The maximum atomic E-state index is 11.0. The van der Waals surface area contributed by atoms with Crippen LogP contribution >= 0.6 is 0 Å². The van der Waals surface area contributed by atoms with E-state index < -0.39 is 0 Å². The lowest BCUT2D eigenvalue weighted by Gasteiger charge is -1.94. The fraction of sp³-hybridized carbons (Fsp3) is 0.182. The minimum Gasteiger partial charge on any atom is -0.353 e. The number of nitrogens with one attached hydrogen (secondary N) is 1. The minimum atomic E-state index is -0.0599. The molecule has 1 N–H and O–H groups in total. The van der Waals surface area contributed by atoms with Gasteiger partial charge in [0.25, 0.3) is 0 Å². The molecule has 0 saturated carbocycles. The molecule has 1 amide bonds. The lowest BCUT2D eigenvalue weighted by atomic mass is 10.2. The highest BCUT2D eigenvalue weighted by Gasteiger charge is 1.90. The summed E-state index contributed by atoms with van der Waals surface area (Å²) in [4.78, 5) is 11.0. The van der Waals surface area contributed by atoms with Crippen molar-refractivity contribution in [3.63, 3.8) is 0 Å². The van der Waals surface area contributed by atoms with Crippen LogP contribution in [-0.2, 0) is 4.79 Å². The van der Waals surface area contributed by atoms with Crippen LogP contribution in [0, 0.1) is 6.07 Å². The second-order valence-corrected chi connectivity index (χ2v) is 2.56. The van der Waals surface area contributed by atoms with E-state index in [-0.39, 0.29) is 5.91 Å². The van der Waals surface area contributed by atoms with Gasteiger partial charge in [0.05, 0.1) is 0 Å². The summed E-state index contributed by atoms with van der Waals surface area (Å²) in [6, 6.07) is 10.3. The summed E-state index contributed by atoms with van der Waals surface area (Å²) in [7, 11) is 0. The molecule has 1 aromatic rings. The molecule has 0 atom stereocenters. The van der Waals surface area contributed by atoms with Crippen molar-refractivity contribution < 1.29 is 4.79 Å². The molecular formula is C11H12NO. The second-order valence-electron chi connectivity index (χ2n) is 2.56. The normalized spacial score (nSPS) is 10.2. The SMILES string of the molecule is CCNC(=O)C=Cc1cc[c]cc1. The zero-order valence-electron chi connectivity index (χ0n) is 7.58. The van der Waals surface area contributed by atoms with Crippen LogP contribution in [0.3, 0.4) is 0 Å². The molecule has 0 aliphatic heterocycles. The molecule has 0 aliphatic rings. The Hall–Kier alpha value is -1.57. The number of carbonyl (C=O) groups is 1. The van der Waals surface area contributed by atoms with E-state index in [9.17, 15) is 4.79 Å². The summed E-state index contributed by atoms with van der Waals surface area (Å²) in [5, 5.41) is 2.68. The van der Waals surface area contributed by atoms with Crippen molar-refractivity contribution in [1.29, 1.82) is 0 Å². The molecular weight excluding hydrogens is 162 g/mol. The fourth-order valence-corrected chi connectivity index (χ4v) is 0.916. The first-order chi connectivity index (χ1) is 6.33. The zero-order valence-corrected chi connectivity index (χ0v) is 7.58. The third kappa shape index (κ3) is 3.56. The number of likely N-dealkylation sites (N-methyl/N-ethyl adjacent to an activating group) is 1. The highest BCUT2D eigenvalue weighted by Crippen LogP contribution is 1.99. The van der Waals surface area contributed by atoms with E-state index in [1.807, 2.05) is 31.2 Å². The number of hydrogen-bond acceptors (Lipinski definition) is 1. The molecule has 2 heteroatoms. The smallest absolute Gasteiger partial charge is 0.243 e. The number of carbonyl (C=O) groups excluding carboxylic acids is 1. The van der Waals surface area contributed by atoms with Crippen LogP contribution in [-0.4, -0.2) is 12.5 Å². The average Bonchev–Trinajstić information content (AvgIpc) is 2.17. The third-order valence-electron chi connectivity index (χ3n) is 1.52. The summed E-state index contributed by atoms with van der Waals surface area (Å²) in [6.45, 7) is 2.55. The van der Waals surface area contributed by atoms with Gasteiger partial charge < -0.3 is 5.32 Å². The van der Waals surface area contributed by atoms with Crippen molar-refractivity contribution in [3.05, 3.63) is 42.0 Å². The van der Waals surface area contributed by atoms with Gasteiger partial charge in [-0.05, 0) is 24.6 Å². The molecule has 2 nitrogen and oxygen atoms in total. The summed E-state index contributed by atoms with van der Waals surface area (Å²) >= 11 is 0. The van der Waals surface area contributed by atoms with E-state index in [0.717, 1.165) is 5.56 Å². The van der Waals surface area contributed by atoms with Crippen molar-refractivity contribution in [1.82, 2.24) is 5.32 Å². The Morgan fingerprint density at radius 3 is 2.85 bits per heavy atom. The minimum absolute atomic E-state index is 0.0599. The Morgan fingerprint density at radius 1 is 1.54 bits per heavy atom. The van der Waals surface area contributed by atoms with Crippen LogP contribution in [0.1, 0.15) is 12.5 Å². The van der Waals surface area contributed by atoms with Crippen LogP contribution in [0.2, 0.25) is 0 Å². The van der Waals surface area contributed by atoms with Gasteiger partial charge >= 0.3 is 0 Å². The summed E-state index contributed by atoms with van der Waals surface area (Å²) in [5.41, 5.74) is 1.00. The number of rotatable bonds is 3. The highest BCUT2D eigenvalue weighted by molar-refractivity contribution is 5.91. The summed E-state index contributed by atoms with van der Waals surface area (Å²) < 4.78 is 0. The first kappa shape index (κ1) is 9.52. The Kier molecular flexibility index (Phi) is 3.76. The second kappa shape index (κ2) is 5.14. The molecule has 0 unspecified atom stereocenters. The van der Waals surface area contributed by atoms with Gasteiger partial charge in [-0.25, -0.2) is 0 Å². The maximum absolute atomic E-state index is 11.0. The van der Waals surface area contributed by atoms with Crippen LogP contribution in [0.5, 0.6) is 0 Å². The maximum Gasteiger partial charge on any atom is 0.243 e. The van der Waals surface area contributed by atoms with Crippen molar-refractivity contribution in [3.8, 4) is 0 Å². The summed E-state index contributed by atoms with van der Waals surface area (Å²) in [5.74, 6) is -0.0599. The van der Waals surface area contributed by atoms with Gasteiger partial charge in [-0.3, -0.25) is 4.79 Å². The van der Waals surface area contributed by atoms with E-state index in [1.54, 1.807) is 6.08 Å². The van der Waals surface area contributed by atoms with Crippen LogP contribution in [0.15, 0.2) is 30.3 Å². The molecule has 0 spiro atoms. The largest absolute Gasteiger partial charge is 0.353 e. The number of hydrogen-bond donors (Lipinski definition) is 1. The molecule has 0 heterocycles. The number of amides is 1. The summed E-state index contributed by atoms with van der Waals surface area (Å²) in [6.07, 6.45) is 3.30. The van der Waals surface area contributed by atoms with Crippen molar-refractivity contribution in [2.45, 2.75) is 6.92 Å². The quantitative estimate of drug-likeness (QED) is 0.693. The molecule has 0 aliphatic carbocycles. The van der Waals surface area contributed by atoms with Crippen molar-refractivity contribution in [2.24, 2.45) is 0 Å². The molecule has 0 aromatic heterocycles. The monoisotopic (exact) mass is 174 g/mol. The van der Waals surface area contributed by atoms with E-state index in [4.69, 9.17) is 0 Å². The predicted octanol–water partition coefficient (Wildman–Crippen LogP) is 1.64. The fourth-order valence-electron chi connectivity index (χ4n) is 0.916. The first-order valence-corrected chi connectivity index (χ1v) is 4.25.